The van der Waals surface area contributed by atoms with E-state index in [1.54, 1.807) is 6.08 Å². The van der Waals surface area contributed by atoms with E-state index in [1.807, 2.05) is 24.4 Å². The Morgan fingerprint density at radius 1 is 0.892 bits per heavy atom. The van der Waals surface area contributed by atoms with E-state index in [0.717, 1.165) is 25.8 Å². The molecule has 2 atom stereocenters. The lowest BCUT2D eigenvalue weighted by molar-refractivity contribution is -0.119. The molecule has 0 saturated carbocycles. The van der Waals surface area contributed by atoms with Crippen molar-refractivity contribution in [1.29, 1.82) is 0 Å². The number of hydrogen-bond acceptors (Lipinski definition) is 4. The van der Waals surface area contributed by atoms with E-state index < -0.39 is 12.1 Å². The fraction of sp³-hybridized carbons (Fsp3) is 0.781. The number of carbonyl (C=O) groups excluding carboxylic acids is 1. The molecule has 0 spiro atoms. The van der Waals surface area contributed by atoms with E-state index >= 15 is 0 Å². The summed E-state index contributed by atoms with van der Waals surface area (Å²) in [4.78, 5) is 14.9. The molecule has 0 unspecified atom stereocenters. The average Bonchev–Trinajstić information content (AvgIpc) is 2.91. The minimum absolute atomic E-state index is 0.214. The van der Waals surface area contributed by atoms with Crippen molar-refractivity contribution in [3.63, 3.8) is 0 Å². The van der Waals surface area contributed by atoms with E-state index in [-0.39, 0.29) is 12.5 Å². The number of aliphatic hydroxyl groups excluding tert-OH is 2. The number of allylic oxidation sites excluding steroid dienone is 3. The molecular formula is C32H58N2O3. The normalized spacial score (nSPS) is 15.2. The van der Waals surface area contributed by atoms with Crippen molar-refractivity contribution in [3.8, 4) is 0 Å². The summed E-state index contributed by atoms with van der Waals surface area (Å²) in [5.41, 5.74) is 0.670. The van der Waals surface area contributed by atoms with Gasteiger partial charge in [0.15, 0.2) is 0 Å². The molecule has 0 bridgehead atoms. The zero-order valence-corrected chi connectivity index (χ0v) is 24.1. The van der Waals surface area contributed by atoms with Crippen molar-refractivity contribution >= 4 is 5.91 Å². The molecule has 37 heavy (non-hydrogen) atoms. The second-order valence-electron chi connectivity index (χ2n) is 10.8. The van der Waals surface area contributed by atoms with E-state index in [9.17, 15) is 15.0 Å². The van der Waals surface area contributed by atoms with Crippen LogP contribution < -0.4 is 5.32 Å². The maximum absolute atomic E-state index is 12.8. The van der Waals surface area contributed by atoms with Gasteiger partial charge in [-0.3, -0.25) is 4.79 Å². The fourth-order valence-corrected chi connectivity index (χ4v) is 4.80. The van der Waals surface area contributed by atoms with Gasteiger partial charge in [0.05, 0.1) is 18.8 Å². The van der Waals surface area contributed by atoms with Gasteiger partial charge in [-0.25, -0.2) is 0 Å². The van der Waals surface area contributed by atoms with E-state index in [2.05, 4.69) is 24.1 Å². The monoisotopic (exact) mass is 518 g/mol. The van der Waals surface area contributed by atoms with Gasteiger partial charge in [-0.1, -0.05) is 128 Å². The molecule has 1 aliphatic heterocycles. The van der Waals surface area contributed by atoms with Gasteiger partial charge in [-0.15, -0.1) is 0 Å². The molecule has 1 aliphatic rings. The van der Waals surface area contributed by atoms with Crippen LogP contribution in [0.4, 0.5) is 0 Å². The minimum atomic E-state index is -0.888. The molecular weight excluding hydrogens is 460 g/mol. The predicted molar refractivity (Wildman–Crippen MR) is 157 cm³/mol. The predicted octanol–water partition coefficient (Wildman–Crippen LogP) is 7.20. The van der Waals surface area contributed by atoms with Crippen molar-refractivity contribution in [1.82, 2.24) is 10.2 Å². The number of amides is 1. The SMILES string of the molecule is CCCCCCCCCCCCC/C=C/[C@H](O)[C@H](CO)NC(=O)C1=CC=CN(CCCCCCCC)C1. The Morgan fingerprint density at radius 3 is 2.00 bits per heavy atom. The van der Waals surface area contributed by atoms with Crippen LogP contribution in [0.5, 0.6) is 0 Å². The Bertz CT molecular complexity index is 644. The summed E-state index contributed by atoms with van der Waals surface area (Å²) < 4.78 is 0. The van der Waals surface area contributed by atoms with Crippen LogP contribution in [0.3, 0.4) is 0 Å². The molecule has 0 radical (unpaired) electrons. The molecule has 5 heteroatoms. The topological polar surface area (TPSA) is 72.8 Å². The highest BCUT2D eigenvalue weighted by Crippen LogP contribution is 2.13. The Labute approximate surface area is 228 Å². The van der Waals surface area contributed by atoms with Crippen molar-refractivity contribution in [3.05, 3.63) is 36.1 Å². The molecule has 0 aromatic heterocycles. The van der Waals surface area contributed by atoms with Crippen LogP contribution in [0.2, 0.25) is 0 Å². The average molecular weight is 519 g/mol. The molecule has 0 aromatic rings. The molecule has 1 rings (SSSR count). The lowest BCUT2D eigenvalue weighted by atomic mass is 10.0. The van der Waals surface area contributed by atoms with Crippen molar-refractivity contribution < 1.29 is 15.0 Å². The maximum atomic E-state index is 12.8. The molecule has 0 saturated heterocycles. The maximum Gasteiger partial charge on any atom is 0.249 e. The van der Waals surface area contributed by atoms with E-state index in [0.29, 0.717) is 12.1 Å². The first-order chi connectivity index (χ1) is 18.1. The third-order valence-electron chi connectivity index (χ3n) is 7.29. The second kappa shape index (κ2) is 23.5. The van der Waals surface area contributed by atoms with Crippen LogP contribution in [-0.4, -0.2) is 52.9 Å². The van der Waals surface area contributed by atoms with Crippen LogP contribution in [0, 0.1) is 0 Å². The zero-order valence-electron chi connectivity index (χ0n) is 24.1. The van der Waals surface area contributed by atoms with Gasteiger partial charge >= 0.3 is 0 Å². The summed E-state index contributed by atoms with van der Waals surface area (Å²) >= 11 is 0. The zero-order chi connectivity index (χ0) is 27.0. The number of unbranched alkanes of at least 4 members (excludes halogenated alkanes) is 16. The number of carbonyl (C=O) groups is 1. The van der Waals surface area contributed by atoms with Crippen molar-refractivity contribution in [2.75, 3.05) is 19.7 Å². The Kier molecular flexibility index (Phi) is 21.3. The smallest absolute Gasteiger partial charge is 0.249 e. The van der Waals surface area contributed by atoms with Gasteiger partial charge in [-0.2, -0.15) is 0 Å². The number of nitrogens with zero attached hydrogens (tertiary/aromatic N) is 1. The molecule has 3 N–H and O–H groups in total. The summed E-state index contributed by atoms with van der Waals surface area (Å²) in [7, 11) is 0. The van der Waals surface area contributed by atoms with Crippen molar-refractivity contribution in [2.24, 2.45) is 0 Å². The fourth-order valence-electron chi connectivity index (χ4n) is 4.80. The highest BCUT2D eigenvalue weighted by atomic mass is 16.3. The third-order valence-corrected chi connectivity index (χ3v) is 7.29. The summed E-state index contributed by atoms with van der Waals surface area (Å²) in [6.45, 7) is 5.72. The minimum Gasteiger partial charge on any atom is -0.394 e. The first-order valence-corrected chi connectivity index (χ1v) is 15.5. The summed E-state index contributed by atoms with van der Waals surface area (Å²) in [6.07, 6.45) is 31.5. The highest BCUT2D eigenvalue weighted by Gasteiger charge is 2.21. The summed E-state index contributed by atoms with van der Waals surface area (Å²) in [5, 5.41) is 23.1. The van der Waals surface area contributed by atoms with Gasteiger partial charge in [-0.05, 0) is 31.5 Å². The van der Waals surface area contributed by atoms with Gasteiger partial charge in [0.2, 0.25) is 5.91 Å². The van der Waals surface area contributed by atoms with Crippen LogP contribution >= 0.6 is 0 Å². The molecule has 1 heterocycles. The van der Waals surface area contributed by atoms with Gasteiger partial charge in [0, 0.05) is 18.7 Å². The van der Waals surface area contributed by atoms with Gasteiger partial charge in [0.25, 0.3) is 0 Å². The molecule has 1 amide bonds. The van der Waals surface area contributed by atoms with Gasteiger partial charge in [0.1, 0.15) is 0 Å². The summed E-state index contributed by atoms with van der Waals surface area (Å²) in [6, 6.07) is -0.695. The lowest BCUT2D eigenvalue weighted by Gasteiger charge is -2.26. The van der Waals surface area contributed by atoms with Crippen molar-refractivity contribution in [2.45, 2.75) is 142 Å². The summed E-state index contributed by atoms with van der Waals surface area (Å²) in [5.74, 6) is -0.214. The standard InChI is InChI=1S/C32H58N2O3/c1-3-5-7-9-11-12-13-14-15-16-17-18-20-24-31(36)30(28-35)33-32(37)29-23-22-26-34(27-29)25-21-19-10-8-6-4-2/h20,22-24,26,30-31,35-36H,3-19,21,25,27-28H2,1-2H3,(H,33,37)/b24-20+/t30-,31-/m0/s1. The van der Waals surface area contributed by atoms with Gasteiger partial charge < -0.3 is 20.4 Å². The first kappa shape index (κ1) is 33.4. The molecule has 214 valence electrons. The van der Waals surface area contributed by atoms with Crippen LogP contribution in [0.25, 0.3) is 0 Å². The molecule has 0 aromatic carbocycles. The Morgan fingerprint density at radius 2 is 1.43 bits per heavy atom. The third kappa shape index (κ3) is 17.5. The highest BCUT2D eigenvalue weighted by molar-refractivity contribution is 5.94. The largest absolute Gasteiger partial charge is 0.394 e. The number of rotatable bonds is 24. The van der Waals surface area contributed by atoms with E-state index in [1.165, 1.54) is 96.3 Å². The van der Waals surface area contributed by atoms with Crippen LogP contribution in [-0.2, 0) is 4.79 Å². The van der Waals surface area contributed by atoms with E-state index in [4.69, 9.17) is 0 Å². The first-order valence-electron chi connectivity index (χ1n) is 15.5. The quantitative estimate of drug-likeness (QED) is 0.0933. The number of nitrogens with one attached hydrogen (secondary N) is 1. The Balaban J connectivity index is 2.19. The molecule has 5 nitrogen and oxygen atoms in total. The Hall–Kier alpha value is -1.59. The molecule has 0 aliphatic carbocycles. The second-order valence-corrected chi connectivity index (χ2v) is 10.8. The molecule has 0 fully saturated rings. The lowest BCUT2D eigenvalue weighted by Crippen LogP contribution is -2.46. The van der Waals surface area contributed by atoms with Crippen LogP contribution in [0.15, 0.2) is 36.1 Å². The number of aliphatic hydroxyl groups is 2. The van der Waals surface area contributed by atoms with Crippen LogP contribution in [0.1, 0.15) is 129 Å². The number of hydrogen-bond donors (Lipinski definition) is 3.